The van der Waals surface area contributed by atoms with Crippen LogP contribution in [0, 0.1) is 10.1 Å². The molecule has 0 saturated carbocycles. The second-order valence-electron chi connectivity index (χ2n) is 2.98. The number of hydrogen-bond acceptors (Lipinski definition) is 4. The molecule has 4 nitrogen and oxygen atoms in total. The molecule has 0 heterocycles. The molecule has 82 valence electrons. The van der Waals surface area contributed by atoms with E-state index in [-0.39, 0.29) is 17.5 Å². The van der Waals surface area contributed by atoms with Crippen LogP contribution in [0.2, 0.25) is 0 Å². The molecular formula is C9H10BrNO3S. The number of hydrogen-bond donors (Lipinski definition) is 1. The number of aliphatic hydroxyl groups excluding tert-OH is 1. The lowest BCUT2D eigenvalue weighted by Gasteiger charge is -2.08. The standard InChI is InChI=1S/C9H10BrNO3S/c1-6(5-12)15-9-4-7(10)2-3-8(9)11(13)14/h2-4,6,12H,5H2,1H3. The second kappa shape index (κ2) is 5.48. The second-order valence-corrected chi connectivity index (χ2v) is 5.38. The first-order chi connectivity index (χ1) is 7.04. The van der Waals surface area contributed by atoms with Crippen LogP contribution in [0.1, 0.15) is 6.92 Å². The minimum Gasteiger partial charge on any atom is -0.395 e. The molecule has 0 aliphatic carbocycles. The van der Waals surface area contributed by atoms with E-state index in [9.17, 15) is 10.1 Å². The van der Waals surface area contributed by atoms with Crippen molar-refractivity contribution in [3.8, 4) is 0 Å². The zero-order valence-electron chi connectivity index (χ0n) is 8.01. The summed E-state index contributed by atoms with van der Waals surface area (Å²) in [6, 6.07) is 4.78. The van der Waals surface area contributed by atoms with Gasteiger partial charge in [-0.05, 0) is 12.1 Å². The predicted octanol–water partition coefficient (Wildman–Crippen LogP) is 2.83. The van der Waals surface area contributed by atoms with Gasteiger partial charge < -0.3 is 5.11 Å². The van der Waals surface area contributed by atoms with Crippen molar-refractivity contribution in [1.29, 1.82) is 0 Å². The molecule has 1 unspecified atom stereocenters. The third-order valence-electron chi connectivity index (χ3n) is 1.70. The third kappa shape index (κ3) is 3.48. The summed E-state index contributed by atoms with van der Waals surface area (Å²) >= 11 is 4.55. The number of nitro benzene ring substituents is 1. The van der Waals surface area contributed by atoms with E-state index in [2.05, 4.69) is 15.9 Å². The Hall–Kier alpha value is -0.590. The molecule has 1 aromatic rings. The molecule has 6 heteroatoms. The van der Waals surface area contributed by atoms with Gasteiger partial charge in [0.15, 0.2) is 0 Å². The lowest BCUT2D eigenvalue weighted by molar-refractivity contribution is -0.387. The maximum Gasteiger partial charge on any atom is 0.282 e. The van der Waals surface area contributed by atoms with Crippen molar-refractivity contribution in [3.63, 3.8) is 0 Å². The molecule has 1 N–H and O–H groups in total. The van der Waals surface area contributed by atoms with Crippen molar-refractivity contribution >= 4 is 33.4 Å². The zero-order valence-corrected chi connectivity index (χ0v) is 10.4. The van der Waals surface area contributed by atoms with Crippen molar-refractivity contribution < 1.29 is 10.0 Å². The molecule has 0 amide bonds. The molecule has 15 heavy (non-hydrogen) atoms. The van der Waals surface area contributed by atoms with Crippen LogP contribution in [0.25, 0.3) is 0 Å². The van der Waals surface area contributed by atoms with Crippen molar-refractivity contribution in [2.24, 2.45) is 0 Å². The number of nitrogens with zero attached hydrogens (tertiary/aromatic N) is 1. The summed E-state index contributed by atoms with van der Waals surface area (Å²) in [6.45, 7) is 1.81. The highest BCUT2D eigenvalue weighted by molar-refractivity contribution is 9.10. The van der Waals surface area contributed by atoms with Crippen LogP contribution in [-0.2, 0) is 0 Å². The normalized spacial score (nSPS) is 12.5. The highest BCUT2D eigenvalue weighted by atomic mass is 79.9. The van der Waals surface area contributed by atoms with E-state index in [1.54, 1.807) is 12.1 Å². The van der Waals surface area contributed by atoms with E-state index in [1.807, 2.05) is 6.92 Å². The van der Waals surface area contributed by atoms with E-state index in [4.69, 9.17) is 5.11 Å². The Morgan fingerprint density at radius 2 is 2.33 bits per heavy atom. The van der Waals surface area contributed by atoms with E-state index < -0.39 is 4.92 Å². The van der Waals surface area contributed by atoms with Gasteiger partial charge in [-0.15, -0.1) is 11.8 Å². The molecular weight excluding hydrogens is 282 g/mol. The van der Waals surface area contributed by atoms with E-state index >= 15 is 0 Å². The van der Waals surface area contributed by atoms with Crippen LogP contribution in [0.5, 0.6) is 0 Å². The fraction of sp³-hybridized carbons (Fsp3) is 0.333. The summed E-state index contributed by atoms with van der Waals surface area (Å²) in [4.78, 5) is 10.9. The monoisotopic (exact) mass is 291 g/mol. The first-order valence-electron chi connectivity index (χ1n) is 4.26. The highest BCUT2D eigenvalue weighted by Crippen LogP contribution is 2.34. The number of halogens is 1. The fourth-order valence-electron chi connectivity index (χ4n) is 0.987. The topological polar surface area (TPSA) is 63.4 Å². The molecule has 0 fully saturated rings. The van der Waals surface area contributed by atoms with Gasteiger partial charge in [0.1, 0.15) is 0 Å². The summed E-state index contributed by atoms with van der Waals surface area (Å²) < 4.78 is 0.792. The van der Waals surface area contributed by atoms with Crippen molar-refractivity contribution in [2.75, 3.05) is 6.61 Å². The molecule has 0 aromatic heterocycles. The van der Waals surface area contributed by atoms with Gasteiger partial charge in [0.2, 0.25) is 0 Å². The zero-order chi connectivity index (χ0) is 11.4. The van der Waals surface area contributed by atoms with Crippen LogP contribution < -0.4 is 0 Å². The number of rotatable bonds is 4. The molecule has 0 saturated heterocycles. The lowest BCUT2D eigenvalue weighted by Crippen LogP contribution is -2.02. The average molecular weight is 292 g/mol. The first-order valence-corrected chi connectivity index (χ1v) is 5.93. The molecule has 0 bridgehead atoms. The smallest absolute Gasteiger partial charge is 0.282 e. The summed E-state index contributed by atoms with van der Waals surface area (Å²) in [5.74, 6) is 0. The Morgan fingerprint density at radius 1 is 1.67 bits per heavy atom. The van der Waals surface area contributed by atoms with Gasteiger partial charge >= 0.3 is 0 Å². The van der Waals surface area contributed by atoms with Gasteiger partial charge in [-0.2, -0.15) is 0 Å². The van der Waals surface area contributed by atoms with Crippen molar-refractivity contribution in [2.45, 2.75) is 17.1 Å². The Labute approximate surface area is 100.0 Å². The Morgan fingerprint density at radius 3 is 2.87 bits per heavy atom. The molecule has 1 rings (SSSR count). The number of benzene rings is 1. The molecule has 1 atom stereocenters. The third-order valence-corrected chi connectivity index (χ3v) is 3.33. The van der Waals surface area contributed by atoms with E-state index in [0.717, 1.165) is 4.47 Å². The van der Waals surface area contributed by atoms with Crippen molar-refractivity contribution in [3.05, 3.63) is 32.8 Å². The predicted molar refractivity (Wildman–Crippen MR) is 63.2 cm³/mol. The maximum absolute atomic E-state index is 10.7. The van der Waals surface area contributed by atoms with E-state index in [0.29, 0.717) is 4.90 Å². The van der Waals surface area contributed by atoms with Gasteiger partial charge in [-0.25, -0.2) is 0 Å². The largest absolute Gasteiger partial charge is 0.395 e. The van der Waals surface area contributed by atoms with Gasteiger partial charge in [-0.3, -0.25) is 10.1 Å². The summed E-state index contributed by atoms with van der Waals surface area (Å²) in [6.07, 6.45) is 0. The van der Waals surface area contributed by atoms with Crippen LogP contribution in [0.4, 0.5) is 5.69 Å². The van der Waals surface area contributed by atoms with Gasteiger partial charge in [0.05, 0.1) is 16.4 Å². The van der Waals surface area contributed by atoms with Crippen LogP contribution in [-0.4, -0.2) is 21.9 Å². The highest BCUT2D eigenvalue weighted by Gasteiger charge is 2.16. The molecule has 0 spiro atoms. The Bertz CT molecular complexity index is 372. The summed E-state index contributed by atoms with van der Waals surface area (Å²) in [7, 11) is 0. The number of aliphatic hydroxyl groups is 1. The molecule has 1 aromatic carbocycles. The minimum absolute atomic E-state index is 0.00562. The maximum atomic E-state index is 10.7. The lowest BCUT2D eigenvalue weighted by atomic mass is 10.3. The fourth-order valence-corrected chi connectivity index (χ4v) is 2.47. The van der Waals surface area contributed by atoms with Gasteiger partial charge in [0, 0.05) is 15.8 Å². The molecule has 0 radical (unpaired) electrons. The average Bonchev–Trinajstić information content (AvgIpc) is 2.17. The van der Waals surface area contributed by atoms with Crippen LogP contribution in [0.3, 0.4) is 0 Å². The van der Waals surface area contributed by atoms with Crippen LogP contribution >= 0.6 is 27.7 Å². The minimum atomic E-state index is -0.418. The molecule has 0 aliphatic rings. The Kier molecular flexibility index (Phi) is 4.56. The van der Waals surface area contributed by atoms with Crippen molar-refractivity contribution in [1.82, 2.24) is 0 Å². The van der Waals surface area contributed by atoms with Crippen LogP contribution in [0.15, 0.2) is 27.6 Å². The van der Waals surface area contributed by atoms with Gasteiger partial charge in [0.25, 0.3) is 5.69 Å². The quantitative estimate of drug-likeness (QED) is 0.526. The Balaban J connectivity index is 3.02. The van der Waals surface area contributed by atoms with E-state index in [1.165, 1.54) is 17.8 Å². The number of nitro groups is 1. The SMILES string of the molecule is CC(CO)Sc1cc(Br)ccc1[N+](=O)[O-]. The summed E-state index contributed by atoms with van der Waals surface area (Å²) in [5, 5.41) is 19.6. The summed E-state index contributed by atoms with van der Waals surface area (Å²) in [5.41, 5.74) is 0.0727. The number of thioether (sulfide) groups is 1. The first kappa shape index (κ1) is 12.5. The van der Waals surface area contributed by atoms with Gasteiger partial charge in [-0.1, -0.05) is 22.9 Å². The molecule has 0 aliphatic heterocycles.